The van der Waals surface area contributed by atoms with Crippen molar-refractivity contribution in [3.05, 3.63) is 39.7 Å². The molecule has 1 N–H and O–H groups in total. The molecule has 2 rings (SSSR count). The molecule has 0 saturated heterocycles. The summed E-state index contributed by atoms with van der Waals surface area (Å²) in [6, 6.07) is 4.79. The molecular formula is C17H20O4. The van der Waals surface area contributed by atoms with Gasteiger partial charge in [-0.05, 0) is 37.5 Å². The zero-order valence-corrected chi connectivity index (χ0v) is 12.4. The first kappa shape index (κ1) is 15.3. The van der Waals surface area contributed by atoms with Crippen LogP contribution in [0.15, 0.2) is 27.4 Å². The van der Waals surface area contributed by atoms with Crippen molar-refractivity contribution < 1.29 is 14.3 Å². The molecule has 0 aliphatic rings. The number of hydrogen-bond donors (Lipinski definition) is 1. The molecule has 0 spiro atoms. The van der Waals surface area contributed by atoms with Gasteiger partial charge in [-0.25, -0.2) is 4.79 Å². The smallest absolute Gasteiger partial charge is 0.347 e. The molecule has 21 heavy (non-hydrogen) atoms. The Morgan fingerprint density at radius 1 is 1.19 bits per heavy atom. The number of rotatable bonds is 6. The largest absolute Gasteiger partial charge is 0.508 e. The molecule has 0 fully saturated rings. The van der Waals surface area contributed by atoms with Crippen molar-refractivity contribution in [1.82, 2.24) is 0 Å². The number of unbranched alkanes of at least 4 members (excludes halogenated alkanes) is 3. The fourth-order valence-electron chi connectivity index (χ4n) is 2.39. The second kappa shape index (κ2) is 6.57. The number of aromatic hydroxyl groups is 1. The van der Waals surface area contributed by atoms with Gasteiger partial charge in [0.1, 0.15) is 16.9 Å². The second-order valence-electron chi connectivity index (χ2n) is 5.33. The summed E-state index contributed by atoms with van der Waals surface area (Å²) in [5.74, 6) is -0.180. The van der Waals surface area contributed by atoms with Crippen molar-refractivity contribution >= 4 is 16.8 Å². The minimum atomic E-state index is -0.662. The van der Waals surface area contributed by atoms with Crippen LogP contribution in [0.25, 0.3) is 11.0 Å². The molecule has 0 unspecified atom stereocenters. The summed E-state index contributed by atoms with van der Waals surface area (Å²) in [5.41, 5.74) is 0.511. The van der Waals surface area contributed by atoms with E-state index in [0.717, 1.165) is 31.2 Å². The molecule has 0 aliphatic carbocycles. The summed E-state index contributed by atoms with van der Waals surface area (Å²) in [4.78, 5) is 23.0. The third-order valence-electron chi connectivity index (χ3n) is 3.61. The van der Waals surface area contributed by atoms with E-state index in [4.69, 9.17) is 4.42 Å². The maximum atomic E-state index is 11.6. The van der Waals surface area contributed by atoms with E-state index in [2.05, 4.69) is 6.92 Å². The van der Waals surface area contributed by atoms with Gasteiger partial charge in [-0.1, -0.05) is 26.2 Å². The van der Waals surface area contributed by atoms with Crippen LogP contribution in [-0.4, -0.2) is 10.9 Å². The van der Waals surface area contributed by atoms with Crippen molar-refractivity contribution in [1.29, 1.82) is 0 Å². The van der Waals surface area contributed by atoms with Gasteiger partial charge in [-0.2, -0.15) is 0 Å². The van der Waals surface area contributed by atoms with Gasteiger partial charge in [0.25, 0.3) is 0 Å². The highest BCUT2D eigenvalue weighted by Gasteiger charge is 2.12. The Hall–Kier alpha value is -2.10. The monoisotopic (exact) mass is 288 g/mol. The Labute approximate surface area is 123 Å². The maximum absolute atomic E-state index is 11.6. The summed E-state index contributed by atoms with van der Waals surface area (Å²) < 4.78 is 5.10. The Morgan fingerprint density at radius 3 is 2.62 bits per heavy atom. The maximum Gasteiger partial charge on any atom is 0.347 e. The average molecular weight is 288 g/mol. The van der Waals surface area contributed by atoms with Gasteiger partial charge in [-0.3, -0.25) is 4.79 Å². The fourth-order valence-corrected chi connectivity index (χ4v) is 2.39. The number of carbonyl (C=O) groups is 1. The van der Waals surface area contributed by atoms with Gasteiger partial charge >= 0.3 is 5.63 Å². The molecule has 0 saturated carbocycles. The second-order valence-corrected chi connectivity index (χ2v) is 5.33. The van der Waals surface area contributed by atoms with E-state index in [1.165, 1.54) is 19.4 Å². The van der Waals surface area contributed by atoms with E-state index in [9.17, 15) is 14.7 Å². The molecule has 0 aliphatic heterocycles. The van der Waals surface area contributed by atoms with Crippen LogP contribution in [0.4, 0.5) is 0 Å². The minimum absolute atomic E-state index is 0.0464. The van der Waals surface area contributed by atoms with Crippen LogP contribution in [0.3, 0.4) is 0 Å². The number of hydrogen-bond acceptors (Lipinski definition) is 4. The number of Topliss-reactive ketones (excluding diaryl/α,β-unsaturated/α-hetero) is 1. The van der Waals surface area contributed by atoms with Crippen molar-refractivity contribution in [2.24, 2.45) is 0 Å². The number of carbonyl (C=O) groups excluding carboxylic acids is 1. The van der Waals surface area contributed by atoms with E-state index < -0.39 is 5.63 Å². The van der Waals surface area contributed by atoms with Crippen LogP contribution in [0.5, 0.6) is 5.75 Å². The molecule has 1 aromatic heterocycles. The normalized spacial score (nSPS) is 11.0. The molecule has 1 heterocycles. The average Bonchev–Trinajstić information content (AvgIpc) is 2.43. The quantitative estimate of drug-likeness (QED) is 0.498. The van der Waals surface area contributed by atoms with E-state index in [-0.39, 0.29) is 17.1 Å². The third-order valence-corrected chi connectivity index (χ3v) is 3.61. The summed E-state index contributed by atoms with van der Waals surface area (Å²) in [7, 11) is 0. The first-order valence-electron chi connectivity index (χ1n) is 7.33. The van der Waals surface area contributed by atoms with Gasteiger partial charge < -0.3 is 9.52 Å². The van der Waals surface area contributed by atoms with E-state index >= 15 is 0 Å². The molecule has 1 aromatic carbocycles. The van der Waals surface area contributed by atoms with Crippen LogP contribution in [0.1, 0.15) is 55.5 Å². The topological polar surface area (TPSA) is 67.5 Å². The number of phenols is 1. The van der Waals surface area contributed by atoms with Crippen LogP contribution >= 0.6 is 0 Å². The highest BCUT2D eigenvalue weighted by Crippen LogP contribution is 2.26. The molecule has 0 amide bonds. The summed E-state index contributed by atoms with van der Waals surface area (Å²) in [6.45, 7) is 3.49. The van der Waals surface area contributed by atoms with Crippen LogP contribution in [-0.2, 0) is 6.42 Å². The highest BCUT2D eigenvalue weighted by molar-refractivity contribution is 5.96. The molecular weight excluding hydrogens is 268 g/mol. The standard InChI is InChI=1S/C17H20O4/c1-3-4-5-6-7-12-8-13-9-14(11(2)18)17(20)21-16(13)10-15(12)19/h8-10,19H,3-7H2,1-2H3. The zero-order valence-electron chi connectivity index (χ0n) is 12.4. The van der Waals surface area contributed by atoms with Gasteiger partial charge in [0.05, 0.1) is 0 Å². The van der Waals surface area contributed by atoms with Gasteiger partial charge in [-0.15, -0.1) is 0 Å². The molecule has 0 bridgehead atoms. The third kappa shape index (κ3) is 3.51. The lowest BCUT2D eigenvalue weighted by Gasteiger charge is -2.07. The van der Waals surface area contributed by atoms with Crippen LogP contribution in [0.2, 0.25) is 0 Å². The molecule has 4 nitrogen and oxygen atoms in total. The predicted octanol–water partition coefficient (Wildman–Crippen LogP) is 3.82. The van der Waals surface area contributed by atoms with Crippen molar-refractivity contribution in [3.63, 3.8) is 0 Å². The SMILES string of the molecule is CCCCCCc1cc2cc(C(C)=O)c(=O)oc2cc1O. The zero-order chi connectivity index (χ0) is 15.4. The lowest BCUT2D eigenvalue weighted by atomic mass is 10.0. The lowest BCUT2D eigenvalue weighted by Crippen LogP contribution is -2.11. The van der Waals surface area contributed by atoms with E-state index in [1.807, 2.05) is 0 Å². The number of phenolic OH excluding ortho intramolecular Hbond substituents is 1. The molecule has 4 heteroatoms. The molecule has 0 atom stereocenters. The first-order valence-corrected chi connectivity index (χ1v) is 7.33. The minimum Gasteiger partial charge on any atom is -0.508 e. The van der Waals surface area contributed by atoms with Crippen molar-refractivity contribution in [2.75, 3.05) is 0 Å². The highest BCUT2D eigenvalue weighted by atomic mass is 16.4. The van der Waals surface area contributed by atoms with E-state index in [1.54, 1.807) is 12.1 Å². The van der Waals surface area contributed by atoms with Gasteiger partial charge in [0.15, 0.2) is 5.78 Å². The number of fused-ring (bicyclic) bond motifs is 1. The van der Waals surface area contributed by atoms with Gasteiger partial charge in [0.2, 0.25) is 0 Å². The lowest BCUT2D eigenvalue weighted by molar-refractivity contribution is 0.101. The van der Waals surface area contributed by atoms with Gasteiger partial charge in [0, 0.05) is 11.5 Å². The summed E-state index contributed by atoms with van der Waals surface area (Å²) >= 11 is 0. The first-order chi connectivity index (χ1) is 10.0. The Bertz CT molecular complexity index is 713. The molecule has 112 valence electrons. The van der Waals surface area contributed by atoms with E-state index in [0.29, 0.717) is 11.0 Å². The van der Waals surface area contributed by atoms with Crippen molar-refractivity contribution in [2.45, 2.75) is 46.0 Å². The summed E-state index contributed by atoms with van der Waals surface area (Å²) in [6.07, 6.45) is 5.24. The Morgan fingerprint density at radius 2 is 1.95 bits per heavy atom. The Balaban J connectivity index is 2.36. The predicted molar refractivity (Wildman–Crippen MR) is 82.0 cm³/mol. The Kier molecular flexibility index (Phi) is 4.78. The number of aryl methyl sites for hydroxylation is 1. The fraction of sp³-hybridized carbons (Fsp3) is 0.412. The van der Waals surface area contributed by atoms with Crippen molar-refractivity contribution in [3.8, 4) is 5.75 Å². The van der Waals surface area contributed by atoms with Crippen LogP contribution < -0.4 is 5.63 Å². The number of ketones is 1. The van der Waals surface area contributed by atoms with Crippen LogP contribution in [0, 0.1) is 0 Å². The molecule has 0 radical (unpaired) electrons. The number of benzene rings is 1. The summed E-state index contributed by atoms with van der Waals surface area (Å²) in [5, 5.41) is 10.7. The molecule has 2 aromatic rings.